The van der Waals surface area contributed by atoms with E-state index in [2.05, 4.69) is 5.32 Å². The fourth-order valence-corrected chi connectivity index (χ4v) is 2.49. The van der Waals surface area contributed by atoms with Gasteiger partial charge in [0.25, 0.3) is 5.91 Å². The van der Waals surface area contributed by atoms with Crippen LogP contribution in [-0.2, 0) is 11.3 Å². The Morgan fingerprint density at radius 2 is 2.00 bits per heavy atom. The Kier molecular flexibility index (Phi) is 2.76. The van der Waals surface area contributed by atoms with Gasteiger partial charge in [0.05, 0.1) is 6.54 Å². The summed E-state index contributed by atoms with van der Waals surface area (Å²) < 4.78 is 0. The lowest BCUT2D eigenvalue weighted by Crippen LogP contribution is -2.51. The van der Waals surface area contributed by atoms with Gasteiger partial charge in [0, 0.05) is 19.6 Å². The molecule has 1 atom stereocenters. The molecule has 0 saturated carbocycles. The predicted molar refractivity (Wildman–Crippen MR) is 65.8 cm³/mol. The topological polar surface area (TPSA) is 52.7 Å². The van der Waals surface area contributed by atoms with Gasteiger partial charge < -0.3 is 10.2 Å². The fraction of sp³-hybridized carbons (Fsp3) is 0.385. The fourth-order valence-electron chi connectivity index (χ4n) is 2.49. The third kappa shape index (κ3) is 1.76. The number of nitrogens with zero attached hydrogens (tertiary/aromatic N) is 2. The standard InChI is InChI=1S/C13H15N3O2/c17-12-11-8-14-6-7-15(11)13(18)16(12)9-10-4-2-1-3-5-10/h1-5,11,14H,6-9H2. The van der Waals surface area contributed by atoms with E-state index >= 15 is 0 Å². The van der Waals surface area contributed by atoms with Gasteiger partial charge in [0.1, 0.15) is 6.04 Å². The highest BCUT2D eigenvalue weighted by Gasteiger charge is 2.45. The molecule has 1 unspecified atom stereocenters. The lowest BCUT2D eigenvalue weighted by molar-refractivity contribution is -0.128. The first-order valence-electron chi connectivity index (χ1n) is 6.14. The van der Waals surface area contributed by atoms with E-state index in [0.29, 0.717) is 19.6 Å². The second-order valence-electron chi connectivity index (χ2n) is 4.61. The third-order valence-electron chi connectivity index (χ3n) is 3.45. The quantitative estimate of drug-likeness (QED) is 0.768. The minimum atomic E-state index is -0.310. The van der Waals surface area contributed by atoms with Crippen LogP contribution in [0.25, 0.3) is 0 Å². The van der Waals surface area contributed by atoms with Crippen molar-refractivity contribution in [1.29, 1.82) is 0 Å². The Bertz CT molecular complexity index is 450. The molecule has 2 aliphatic heterocycles. The molecule has 0 bridgehead atoms. The molecular formula is C13H15N3O2. The zero-order chi connectivity index (χ0) is 12.5. The summed E-state index contributed by atoms with van der Waals surface area (Å²) in [5.74, 6) is -0.0870. The summed E-state index contributed by atoms with van der Waals surface area (Å²) in [5.41, 5.74) is 0.979. The van der Waals surface area contributed by atoms with Crippen molar-refractivity contribution in [2.45, 2.75) is 12.6 Å². The van der Waals surface area contributed by atoms with Crippen molar-refractivity contribution in [3.05, 3.63) is 35.9 Å². The second-order valence-corrected chi connectivity index (χ2v) is 4.61. The largest absolute Gasteiger partial charge is 0.327 e. The summed E-state index contributed by atoms with van der Waals surface area (Å²) in [6, 6.07) is 9.13. The van der Waals surface area contributed by atoms with E-state index in [1.807, 2.05) is 30.3 Å². The smallest absolute Gasteiger partial charge is 0.312 e. The molecule has 0 aromatic heterocycles. The van der Waals surface area contributed by atoms with E-state index in [9.17, 15) is 9.59 Å². The lowest BCUT2D eigenvalue weighted by Gasteiger charge is -2.26. The molecular weight excluding hydrogens is 230 g/mol. The number of nitrogens with one attached hydrogen (secondary N) is 1. The van der Waals surface area contributed by atoms with Gasteiger partial charge in [0.15, 0.2) is 0 Å². The number of rotatable bonds is 2. The first-order valence-corrected chi connectivity index (χ1v) is 6.14. The SMILES string of the molecule is O=C1C2CNCCN2C(=O)N1Cc1ccccc1. The molecule has 94 valence electrons. The van der Waals surface area contributed by atoms with E-state index in [-0.39, 0.29) is 18.0 Å². The van der Waals surface area contributed by atoms with Crippen LogP contribution in [0.1, 0.15) is 5.56 Å². The number of amides is 3. The lowest BCUT2D eigenvalue weighted by atomic mass is 10.2. The molecule has 0 spiro atoms. The van der Waals surface area contributed by atoms with Gasteiger partial charge >= 0.3 is 6.03 Å². The molecule has 0 aliphatic carbocycles. The van der Waals surface area contributed by atoms with Gasteiger partial charge in [-0.15, -0.1) is 0 Å². The number of benzene rings is 1. The number of piperazine rings is 1. The summed E-state index contributed by atoms with van der Waals surface area (Å²) in [6.45, 7) is 2.30. The summed E-state index contributed by atoms with van der Waals surface area (Å²) in [6.07, 6.45) is 0. The monoisotopic (exact) mass is 245 g/mol. The summed E-state index contributed by atoms with van der Waals surface area (Å²) >= 11 is 0. The van der Waals surface area contributed by atoms with Crippen molar-refractivity contribution >= 4 is 11.9 Å². The minimum absolute atomic E-state index is 0.0870. The average Bonchev–Trinajstić information content (AvgIpc) is 2.66. The van der Waals surface area contributed by atoms with E-state index in [1.165, 1.54) is 4.90 Å². The summed E-state index contributed by atoms with van der Waals surface area (Å²) in [7, 11) is 0. The highest BCUT2D eigenvalue weighted by molar-refractivity contribution is 6.04. The van der Waals surface area contributed by atoms with E-state index in [4.69, 9.17) is 0 Å². The number of urea groups is 1. The zero-order valence-corrected chi connectivity index (χ0v) is 10.0. The van der Waals surface area contributed by atoms with E-state index < -0.39 is 0 Å². The highest BCUT2D eigenvalue weighted by atomic mass is 16.2. The summed E-state index contributed by atoms with van der Waals surface area (Å²) in [4.78, 5) is 27.4. The Hall–Kier alpha value is -1.88. The van der Waals surface area contributed by atoms with Crippen LogP contribution in [0.5, 0.6) is 0 Å². The third-order valence-corrected chi connectivity index (χ3v) is 3.45. The summed E-state index contributed by atoms with van der Waals surface area (Å²) in [5, 5.41) is 3.15. The molecule has 18 heavy (non-hydrogen) atoms. The van der Waals surface area contributed by atoms with Crippen LogP contribution in [0.15, 0.2) is 30.3 Å². The van der Waals surface area contributed by atoms with Crippen LogP contribution < -0.4 is 5.32 Å². The molecule has 3 rings (SSSR count). The van der Waals surface area contributed by atoms with Gasteiger partial charge in [0.2, 0.25) is 0 Å². The Morgan fingerprint density at radius 1 is 1.22 bits per heavy atom. The number of imide groups is 1. The number of carbonyl (C=O) groups is 2. The predicted octanol–water partition coefficient (Wildman–Crippen LogP) is 0.423. The van der Waals surface area contributed by atoms with Crippen molar-refractivity contribution in [3.63, 3.8) is 0 Å². The zero-order valence-electron chi connectivity index (χ0n) is 10.0. The van der Waals surface area contributed by atoms with Gasteiger partial charge in [-0.25, -0.2) is 4.79 Å². The maximum Gasteiger partial charge on any atom is 0.327 e. The second kappa shape index (κ2) is 4.42. The van der Waals surface area contributed by atoms with Crippen molar-refractivity contribution in [3.8, 4) is 0 Å². The number of fused-ring (bicyclic) bond motifs is 1. The van der Waals surface area contributed by atoms with Crippen molar-refractivity contribution in [2.75, 3.05) is 19.6 Å². The van der Waals surface area contributed by atoms with Gasteiger partial charge in [-0.3, -0.25) is 9.69 Å². The van der Waals surface area contributed by atoms with Crippen molar-refractivity contribution in [2.24, 2.45) is 0 Å². The Labute approximate surface area is 105 Å². The Balaban J connectivity index is 1.80. The van der Waals surface area contributed by atoms with Crippen LogP contribution in [-0.4, -0.2) is 47.4 Å². The normalized spacial score (nSPS) is 23.4. The van der Waals surface area contributed by atoms with Crippen LogP contribution in [0, 0.1) is 0 Å². The molecule has 1 aromatic rings. The molecule has 2 fully saturated rings. The molecule has 0 radical (unpaired) electrons. The molecule has 1 N–H and O–H groups in total. The van der Waals surface area contributed by atoms with Crippen molar-refractivity contribution in [1.82, 2.24) is 15.1 Å². The molecule has 5 nitrogen and oxygen atoms in total. The van der Waals surface area contributed by atoms with E-state index in [1.54, 1.807) is 4.90 Å². The Morgan fingerprint density at radius 3 is 2.72 bits per heavy atom. The van der Waals surface area contributed by atoms with Gasteiger partial charge in [-0.05, 0) is 5.56 Å². The van der Waals surface area contributed by atoms with Gasteiger partial charge in [-0.2, -0.15) is 0 Å². The van der Waals surface area contributed by atoms with Crippen LogP contribution in [0.2, 0.25) is 0 Å². The van der Waals surface area contributed by atoms with Crippen LogP contribution in [0.3, 0.4) is 0 Å². The molecule has 2 heterocycles. The minimum Gasteiger partial charge on any atom is -0.312 e. The maximum absolute atomic E-state index is 12.2. The molecule has 5 heteroatoms. The first-order chi connectivity index (χ1) is 8.77. The number of hydrogen-bond donors (Lipinski definition) is 1. The highest BCUT2D eigenvalue weighted by Crippen LogP contribution is 2.21. The molecule has 3 amide bonds. The van der Waals surface area contributed by atoms with Gasteiger partial charge in [-0.1, -0.05) is 30.3 Å². The van der Waals surface area contributed by atoms with E-state index in [0.717, 1.165) is 12.1 Å². The number of carbonyl (C=O) groups excluding carboxylic acids is 2. The number of hydrogen-bond acceptors (Lipinski definition) is 3. The maximum atomic E-state index is 12.2. The van der Waals surface area contributed by atoms with Crippen LogP contribution >= 0.6 is 0 Å². The average molecular weight is 245 g/mol. The molecule has 2 saturated heterocycles. The molecule has 1 aromatic carbocycles. The van der Waals surface area contributed by atoms with Crippen LogP contribution in [0.4, 0.5) is 4.79 Å². The molecule has 2 aliphatic rings. The van der Waals surface area contributed by atoms with Crippen molar-refractivity contribution < 1.29 is 9.59 Å². The first kappa shape index (κ1) is 11.2.